The van der Waals surface area contributed by atoms with E-state index in [1.165, 1.54) is 0 Å². The molecule has 8 heteroatoms. The molecule has 0 fully saturated rings. The number of hydrogen-bond donors (Lipinski definition) is 0. The fraction of sp³-hybridized carbons (Fsp3) is 1.00. The van der Waals surface area contributed by atoms with Crippen molar-refractivity contribution in [3.63, 3.8) is 0 Å². The van der Waals surface area contributed by atoms with Crippen molar-refractivity contribution in [2.75, 3.05) is 6.16 Å². The summed E-state index contributed by atoms with van der Waals surface area (Å²) in [6.07, 6.45) is 1.68. The minimum atomic E-state index is -3.38. The lowest BCUT2D eigenvalue weighted by Crippen LogP contribution is -2.05. The van der Waals surface area contributed by atoms with Gasteiger partial charge in [0.25, 0.3) is 0 Å². The van der Waals surface area contributed by atoms with Crippen LogP contribution in [0.2, 0.25) is 0 Å². The van der Waals surface area contributed by atoms with Gasteiger partial charge < -0.3 is 0 Å². The van der Waals surface area contributed by atoms with Crippen molar-refractivity contribution in [3.05, 3.63) is 0 Å². The number of rotatable bonds is 7. The molecular formula is C6H11Cl4O3P. The molecule has 0 bridgehead atoms. The quantitative estimate of drug-likeness (QED) is 0.512. The molecule has 0 saturated heterocycles. The second-order valence-electron chi connectivity index (χ2n) is 2.42. The van der Waals surface area contributed by atoms with E-state index in [0.29, 0.717) is 6.42 Å². The summed E-state index contributed by atoms with van der Waals surface area (Å²) in [5.74, 6) is 0. The Balaban J connectivity index is 4.26. The molecule has 0 aromatic heterocycles. The standard InChI is InChI=1S/C6H11Cl4O3P/c1-2-3-4-14(11,12-5(7)8)13-6(9)10/h5-6H,2-4H2,1H3. The minimum Gasteiger partial charge on any atom is -0.274 e. The molecule has 0 N–H and O–H groups in total. The first-order chi connectivity index (χ1) is 6.39. The smallest absolute Gasteiger partial charge is 0.274 e. The lowest BCUT2D eigenvalue weighted by Gasteiger charge is -2.18. The Kier molecular flexibility index (Phi) is 8.27. The van der Waals surface area contributed by atoms with E-state index >= 15 is 0 Å². The van der Waals surface area contributed by atoms with Crippen LogP contribution in [0.15, 0.2) is 0 Å². The van der Waals surface area contributed by atoms with Gasteiger partial charge >= 0.3 is 7.60 Å². The molecule has 0 aliphatic carbocycles. The highest BCUT2D eigenvalue weighted by Crippen LogP contribution is 2.53. The van der Waals surface area contributed by atoms with Gasteiger partial charge in [-0.25, -0.2) is 0 Å². The molecule has 0 aromatic carbocycles. The highest BCUT2D eigenvalue weighted by molar-refractivity contribution is 7.54. The number of hydrogen-bond acceptors (Lipinski definition) is 3. The first kappa shape index (κ1) is 15.3. The Morgan fingerprint density at radius 1 is 1.14 bits per heavy atom. The number of halogens is 4. The average molecular weight is 304 g/mol. The van der Waals surface area contributed by atoms with E-state index in [1.807, 2.05) is 6.92 Å². The maximum Gasteiger partial charge on any atom is 0.335 e. The van der Waals surface area contributed by atoms with Crippen LogP contribution in [-0.2, 0) is 13.6 Å². The molecule has 0 aliphatic heterocycles. The molecule has 0 heterocycles. The maximum atomic E-state index is 11.8. The summed E-state index contributed by atoms with van der Waals surface area (Å²) in [4.78, 5) is 0. The molecule has 86 valence electrons. The largest absolute Gasteiger partial charge is 0.335 e. The first-order valence-electron chi connectivity index (χ1n) is 3.92. The Labute approximate surface area is 103 Å². The van der Waals surface area contributed by atoms with Gasteiger partial charge in [-0.15, -0.1) is 0 Å². The topological polar surface area (TPSA) is 35.5 Å². The molecule has 0 amide bonds. The maximum absolute atomic E-state index is 11.8. The third-order valence-corrected chi connectivity index (χ3v) is 4.05. The molecule has 0 radical (unpaired) electrons. The van der Waals surface area contributed by atoms with Gasteiger partial charge in [-0.1, -0.05) is 59.7 Å². The number of unbranched alkanes of at least 4 members (excludes halogenated alkanes) is 1. The lowest BCUT2D eigenvalue weighted by atomic mass is 10.4. The monoisotopic (exact) mass is 302 g/mol. The SMILES string of the molecule is CCCCP(=O)(OC(Cl)Cl)OC(Cl)Cl. The van der Waals surface area contributed by atoms with Crippen LogP contribution in [0.1, 0.15) is 19.8 Å². The molecular weight excluding hydrogens is 293 g/mol. The third kappa shape index (κ3) is 7.58. The predicted molar refractivity (Wildman–Crippen MR) is 60.5 cm³/mol. The van der Waals surface area contributed by atoms with Crippen molar-refractivity contribution in [2.45, 2.75) is 29.8 Å². The summed E-state index contributed by atoms with van der Waals surface area (Å²) in [6.45, 7) is 1.93. The Morgan fingerprint density at radius 3 is 1.86 bits per heavy atom. The second-order valence-corrected chi connectivity index (χ2v) is 6.54. The minimum absolute atomic E-state index is 0.190. The fourth-order valence-corrected chi connectivity index (χ4v) is 3.63. The van der Waals surface area contributed by atoms with E-state index in [9.17, 15) is 4.57 Å². The van der Waals surface area contributed by atoms with Crippen molar-refractivity contribution in [2.24, 2.45) is 0 Å². The van der Waals surface area contributed by atoms with Crippen LogP contribution in [0.25, 0.3) is 0 Å². The van der Waals surface area contributed by atoms with E-state index in [1.54, 1.807) is 0 Å². The molecule has 0 aliphatic rings. The average Bonchev–Trinajstić information content (AvgIpc) is 1.97. The van der Waals surface area contributed by atoms with Crippen molar-refractivity contribution >= 4 is 54.0 Å². The van der Waals surface area contributed by atoms with E-state index in [0.717, 1.165) is 6.42 Å². The van der Waals surface area contributed by atoms with Crippen molar-refractivity contribution in [3.8, 4) is 0 Å². The van der Waals surface area contributed by atoms with Gasteiger partial charge in [0.1, 0.15) is 0 Å². The van der Waals surface area contributed by atoms with Crippen molar-refractivity contribution in [1.82, 2.24) is 0 Å². The van der Waals surface area contributed by atoms with Crippen LogP contribution in [0.5, 0.6) is 0 Å². The summed E-state index contributed by atoms with van der Waals surface area (Å²) in [6, 6.07) is 0. The van der Waals surface area contributed by atoms with Gasteiger partial charge in [0, 0.05) is 0 Å². The highest BCUT2D eigenvalue weighted by atomic mass is 35.5. The Hall–Kier alpha value is 1.31. The number of alkyl halides is 4. The fourth-order valence-electron chi connectivity index (χ4n) is 0.725. The van der Waals surface area contributed by atoms with E-state index in [2.05, 4.69) is 0 Å². The summed E-state index contributed by atoms with van der Waals surface area (Å²) < 4.78 is 21.3. The van der Waals surface area contributed by atoms with Gasteiger partial charge in [-0.3, -0.25) is 13.6 Å². The summed E-state index contributed by atoms with van der Waals surface area (Å²) in [7, 11) is -3.38. The van der Waals surface area contributed by atoms with Crippen LogP contribution < -0.4 is 0 Å². The molecule has 3 nitrogen and oxygen atoms in total. The summed E-state index contributed by atoms with van der Waals surface area (Å²) in [5, 5.41) is -2.44. The van der Waals surface area contributed by atoms with Crippen LogP contribution in [0, 0.1) is 0 Å². The predicted octanol–water partition coefficient (Wildman–Crippen LogP) is 4.54. The zero-order chi connectivity index (χ0) is 11.2. The third-order valence-electron chi connectivity index (χ3n) is 1.27. The van der Waals surface area contributed by atoms with Gasteiger partial charge in [0.15, 0.2) is 0 Å². The molecule has 0 saturated carbocycles. The Bertz CT molecular complexity index is 186. The highest BCUT2D eigenvalue weighted by Gasteiger charge is 2.29. The van der Waals surface area contributed by atoms with Gasteiger partial charge in [0.2, 0.25) is 10.0 Å². The molecule has 0 rings (SSSR count). The lowest BCUT2D eigenvalue weighted by molar-refractivity contribution is 0.228. The zero-order valence-electron chi connectivity index (χ0n) is 7.46. The van der Waals surface area contributed by atoms with Crippen LogP contribution >= 0.6 is 54.0 Å². The van der Waals surface area contributed by atoms with Crippen molar-refractivity contribution < 1.29 is 13.6 Å². The summed E-state index contributed by atoms with van der Waals surface area (Å²) in [5.41, 5.74) is 0. The normalized spacial score (nSPS) is 12.8. The van der Waals surface area contributed by atoms with Crippen molar-refractivity contribution in [1.29, 1.82) is 0 Å². The molecule has 0 spiro atoms. The molecule has 14 heavy (non-hydrogen) atoms. The summed E-state index contributed by atoms with van der Waals surface area (Å²) >= 11 is 21.3. The van der Waals surface area contributed by atoms with Gasteiger partial charge in [-0.05, 0) is 6.42 Å². The molecule has 0 aromatic rings. The molecule has 0 unspecified atom stereocenters. The van der Waals surface area contributed by atoms with Crippen LogP contribution in [-0.4, -0.2) is 16.2 Å². The van der Waals surface area contributed by atoms with Crippen LogP contribution in [0.3, 0.4) is 0 Å². The van der Waals surface area contributed by atoms with E-state index in [-0.39, 0.29) is 6.16 Å². The van der Waals surface area contributed by atoms with Crippen LogP contribution in [0.4, 0.5) is 0 Å². The van der Waals surface area contributed by atoms with E-state index < -0.39 is 17.6 Å². The Morgan fingerprint density at radius 2 is 1.57 bits per heavy atom. The first-order valence-corrected chi connectivity index (χ1v) is 7.39. The second kappa shape index (κ2) is 7.56. The zero-order valence-corrected chi connectivity index (χ0v) is 11.4. The molecule has 0 atom stereocenters. The van der Waals surface area contributed by atoms with Gasteiger partial charge in [-0.2, -0.15) is 0 Å². The van der Waals surface area contributed by atoms with E-state index in [4.69, 9.17) is 55.5 Å². The van der Waals surface area contributed by atoms with Gasteiger partial charge in [0.05, 0.1) is 6.16 Å².